The lowest BCUT2D eigenvalue weighted by molar-refractivity contribution is -0.116. The molecule has 0 aliphatic carbocycles. The minimum absolute atomic E-state index is 0.0608. The molecule has 1 amide bonds. The highest BCUT2D eigenvalue weighted by Gasteiger charge is 2.10. The van der Waals surface area contributed by atoms with Crippen LogP contribution in [0.5, 0.6) is 5.75 Å². The number of amides is 1. The van der Waals surface area contributed by atoms with E-state index in [-0.39, 0.29) is 5.91 Å². The standard InChI is InChI=1S/C14H22N2O4S/c1-4-5-6-7-14(17)15-11-8-9-12(13(10-11)20-2)16-21(3,18)19/h8-10,16H,4-7H2,1-3H3,(H,15,17). The van der Waals surface area contributed by atoms with E-state index >= 15 is 0 Å². The minimum Gasteiger partial charge on any atom is -0.494 e. The van der Waals surface area contributed by atoms with Crippen molar-refractivity contribution in [2.45, 2.75) is 32.6 Å². The van der Waals surface area contributed by atoms with Crippen molar-refractivity contribution in [3.63, 3.8) is 0 Å². The fourth-order valence-electron chi connectivity index (χ4n) is 1.81. The number of methoxy groups -OCH3 is 1. The summed E-state index contributed by atoms with van der Waals surface area (Å²) in [6, 6.07) is 4.78. The van der Waals surface area contributed by atoms with Crippen LogP contribution >= 0.6 is 0 Å². The Hall–Kier alpha value is -1.76. The summed E-state index contributed by atoms with van der Waals surface area (Å²) in [5.41, 5.74) is 0.913. The first kappa shape index (κ1) is 17.3. The van der Waals surface area contributed by atoms with E-state index in [2.05, 4.69) is 17.0 Å². The lowest BCUT2D eigenvalue weighted by atomic mass is 10.2. The van der Waals surface area contributed by atoms with E-state index in [4.69, 9.17) is 4.74 Å². The Morgan fingerprint density at radius 2 is 2.00 bits per heavy atom. The lowest BCUT2D eigenvalue weighted by Crippen LogP contribution is -2.13. The average Bonchev–Trinajstić information content (AvgIpc) is 2.39. The van der Waals surface area contributed by atoms with Crippen LogP contribution in [0.1, 0.15) is 32.6 Å². The third kappa shape index (κ3) is 6.48. The molecule has 21 heavy (non-hydrogen) atoms. The summed E-state index contributed by atoms with van der Waals surface area (Å²) in [5.74, 6) is 0.293. The van der Waals surface area contributed by atoms with Gasteiger partial charge >= 0.3 is 0 Å². The SMILES string of the molecule is CCCCCC(=O)Nc1ccc(NS(C)(=O)=O)c(OC)c1. The molecule has 1 aromatic carbocycles. The van der Waals surface area contributed by atoms with Gasteiger partial charge in [0, 0.05) is 18.2 Å². The summed E-state index contributed by atoms with van der Waals surface area (Å²) in [4.78, 5) is 11.7. The van der Waals surface area contributed by atoms with Gasteiger partial charge in [0.25, 0.3) is 0 Å². The molecule has 0 bridgehead atoms. The average molecular weight is 314 g/mol. The molecule has 1 aromatic rings. The van der Waals surface area contributed by atoms with Gasteiger partial charge in [0.15, 0.2) is 0 Å². The van der Waals surface area contributed by atoms with Gasteiger partial charge in [0.2, 0.25) is 15.9 Å². The number of nitrogens with one attached hydrogen (secondary N) is 2. The Balaban J connectivity index is 2.75. The molecule has 0 fully saturated rings. The van der Waals surface area contributed by atoms with Crippen LogP contribution in [0.25, 0.3) is 0 Å². The fourth-order valence-corrected chi connectivity index (χ4v) is 2.38. The molecule has 0 aromatic heterocycles. The second-order valence-corrected chi connectivity index (χ2v) is 6.54. The number of carbonyl (C=O) groups excluding carboxylic acids is 1. The summed E-state index contributed by atoms with van der Waals surface area (Å²) < 4.78 is 30.0. The maximum absolute atomic E-state index is 11.7. The van der Waals surface area contributed by atoms with Crippen LogP contribution in [-0.4, -0.2) is 27.7 Å². The molecule has 6 nitrogen and oxygen atoms in total. The molecule has 0 saturated heterocycles. The van der Waals surface area contributed by atoms with Crippen molar-refractivity contribution in [3.05, 3.63) is 18.2 Å². The Kier molecular flexibility index (Phi) is 6.48. The number of carbonyl (C=O) groups is 1. The molecular formula is C14H22N2O4S. The first-order valence-corrected chi connectivity index (χ1v) is 8.70. The van der Waals surface area contributed by atoms with Crippen LogP contribution < -0.4 is 14.8 Å². The number of anilines is 2. The zero-order valence-electron chi connectivity index (χ0n) is 12.6. The Bertz CT molecular complexity index is 585. The Morgan fingerprint density at radius 1 is 1.29 bits per heavy atom. The molecular weight excluding hydrogens is 292 g/mol. The third-order valence-corrected chi connectivity index (χ3v) is 3.38. The number of sulfonamides is 1. The molecule has 118 valence electrons. The van der Waals surface area contributed by atoms with Crippen LogP contribution in [0.3, 0.4) is 0 Å². The maximum Gasteiger partial charge on any atom is 0.229 e. The van der Waals surface area contributed by atoms with Gasteiger partial charge in [0.05, 0.1) is 19.1 Å². The predicted molar refractivity (Wildman–Crippen MR) is 84.2 cm³/mol. The predicted octanol–water partition coefficient (Wildman–Crippen LogP) is 2.59. The molecule has 0 unspecified atom stereocenters. The van der Waals surface area contributed by atoms with Crippen molar-refractivity contribution >= 4 is 27.3 Å². The van der Waals surface area contributed by atoms with Gasteiger partial charge in [-0.05, 0) is 18.6 Å². The minimum atomic E-state index is -3.38. The van der Waals surface area contributed by atoms with Gasteiger partial charge in [-0.15, -0.1) is 0 Å². The Morgan fingerprint density at radius 3 is 2.57 bits per heavy atom. The highest BCUT2D eigenvalue weighted by molar-refractivity contribution is 7.92. The number of rotatable bonds is 8. The first-order valence-electron chi connectivity index (χ1n) is 6.81. The monoisotopic (exact) mass is 314 g/mol. The van der Waals surface area contributed by atoms with E-state index < -0.39 is 10.0 Å². The summed E-state index contributed by atoms with van der Waals surface area (Å²) in [6.45, 7) is 2.08. The summed E-state index contributed by atoms with van der Waals surface area (Å²) in [7, 11) is -1.94. The Labute approximate surface area is 125 Å². The van der Waals surface area contributed by atoms with Crippen LogP contribution in [0.4, 0.5) is 11.4 Å². The highest BCUT2D eigenvalue weighted by atomic mass is 32.2. The van der Waals surface area contributed by atoms with Gasteiger partial charge < -0.3 is 10.1 Å². The van der Waals surface area contributed by atoms with Gasteiger partial charge in [0.1, 0.15) is 5.75 Å². The molecule has 2 N–H and O–H groups in total. The summed E-state index contributed by atoms with van der Waals surface area (Å²) in [5, 5.41) is 2.77. The molecule has 0 saturated carbocycles. The van der Waals surface area contributed by atoms with Gasteiger partial charge in [-0.1, -0.05) is 19.8 Å². The van der Waals surface area contributed by atoms with Crippen molar-refractivity contribution < 1.29 is 17.9 Å². The molecule has 0 aliphatic rings. The van der Waals surface area contributed by atoms with Crippen LogP contribution in [0.15, 0.2) is 18.2 Å². The van der Waals surface area contributed by atoms with E-state index in [1.54, 1.807) is 18.2 Å². The number of benzene rings is 1. The van der Waals surface area contributed by atoms with E-state index in [1.807, 2.05) is 0 Å². The van der Waals surface area contributed by atoms with Crippen molar-refractivity contribution in [2.75, 3.05) is 23.4 Å². The van der Waals surface area contributed by atoms with Gasteiger partial charge in [-0.3, -0.25) is 9.52 Å². The maximum atomic E-state index is 11.7. The quantitative estimate of drug-likeness (QED) is 0.722. The molecule has 0 aliphatic heterocycles. The highest BCUT2D eigenvalue weighted by Crippen LogP contribution is 2.28. The molecule has 0 atom stereocenters. The third-order valence-electron chi connectivity index (χ3n) is 2.79. The second kappa shape index (κ2) is 7.87. The summed E-state index contributed by atoms with van der Waals surface area (Å²) >= 11 is 0. The number of unbranched alkanes of at least 4 members (excludes halogenated alkanes) is 2. The van der Waals surface area contributed by atoms with Crippen molar-refractivity contribution in [1.82, 2.24) is 0 Å². The first-order chi connectivity index (χ1) is 9.85. The van der Waals surface area contributed by atoms with E-state index in [1.165, 1.54) is 7.11 Å². The van der Waals surface area contributed by atoms with Crippen molar-refractivity contribution in [2.24, 2.45) is 0 Å². The molecule has 0 spiro atoms. The topological polar surface area (TPSA) is 84.5 Å². The van der Waals surface area contributed by atoms with Gasteiger partial charge in [-0.2, -0.15) is 0 Å². The van der Waals surface area contributed by atoms with Crippen LogP contribution in [0.2, 0.25) is 0 Å². The summed E-state index contributed by atoms with van der Waals surface area (Å²) in [6.07, 6.45) is 4.48. The zero-order chi connectivity index (χ0) is 15.9. The lowest BCUT2D eigenvalue weighted by Gasteiger charge is -2.12. The van der Waals surface area contributed by atoms with Crippen LogP contribution in [-0.2, 0) is 14.8 Å². The normalized spacial score (nSPS) is 11.0. The van der Waals surface area contributed by atoms with E-state index in [0.29, 0.717) is 23.5 Å². The molecule has 0 radical (unpaired) electrons. The van der Waals surface area contributed by atoms with E-state index in [0.717, 1.165) is 25.5 Å². The zero-order valence-corrected chi connectivity index (χ0v) is 13.4. The molecule has 7 heteroatoms. The molecule has 0 heterocycles. The fraction of sp³-hybridized carbons (Fsp3) is 0.500. The van der Waals surface area contributed by atoms with Gasteiger partial charge in [-0.25, -0.2) is 8.42 Å². The van der Waals surface area contributed by atoms with E-state index in [9.17, 15) is 13.2 Å². The molecule has 1 rings (SSSR count). The second-order valence-electron chi connectivity index (χ2n) is 4.79. The van der Waals surface area contributed by atoms with Crippen molar-refractivity contribution in [3.8, 4) is 5.75 Å². The van der Waals surface area contributed by atoms with Crippen LogP contribution in [0, 0.1) is 0 Å². The largest absolute Gasteiger partial charge is 0.494 e. The smallest absolute Gasteiger partial charge is 0.229 e. The van der Waals surface area contributed by atoms with Crippen molar-refractivity contribution in [1.29, 1.82) is 0 Å². The number of ether oxygens (including phenoxy) is 1. The number of hydrogen-bond acceptors (Lipinski definition) is 4. The number of hydrogen-bond donors (Lipinski definition) is 2.